The molecule has 5 heteroatoms. The molecule has 1 N–H and O–H groups in total. The molecular weight excluding hydrogens is 366 g/mol. The monoisotopic (exact) mass is 405 g/mol. The summed E-state index contributed by atoms with van der Waals surface area (Å²) in [6.45, 7) is 3.70. The minimum absolute atomic E-state index is 0.0375. The lowest BCUT2D eigenvalue weighted by atomic mass is 10.1. The molecule has 0 aliphatic rings. The molecule has 0 aromatic rings. The van der Waals surface area contributed by atoms with Gasteiger partial charge in [-0.2, -0.15) is 11.8 Å². The van der Waals surface area contributed by atoms with Gasteiger partial charge in [0.05, 0.1) is 11.9 Å². The summed E-state index contributed by atoms with van der Waals surface area (Å²) in [5.74, 6) is 1.37. The van der Waals surface area contributed by atoms with E-state index in [4.69, 9.17) is 11.6 Å². The van der Waals surface area contributed by atoms with Crippen LogP contribution in [0.15, 0.2) is 0 Å². The third-order valence-electron chi connectivity index (χ3n) is 4.57. The van der Waals surface area contributed by atoms with Crippen molar-refractivity contribution in [2.75, 3.05) is 17.4 Å². The number of nitrogens with one attached hydrogen (secondary N) is 1. The van der Waals surface area contributed by atoms with Crippen molar-refractivity contribution in [3.8, 4) is 0 Å². The quantitative estimate of drug-likeness (QED) is 0.208. The second kappa shape index (κ2) is 19.5. The number of ketones is 1. The molecule has 0 aliphatic heterocycles. The fourth-order valence-corrected chi connectivity index (χ4v) is 4.24. The van der Waals surface area contributed by atoms with Gasteiger partial charge in [-0.3, -0.25) is 9.59 Å². The Morgan fingerprint density at radius 1 is 0.846 bits per heavy atom. The molecule has 0 heterocycles. The molecule has 26 heavy (non-hydrogen) atoms. The molecule has 3 nitrogen and oxygen atoms in total. The van der Waals surface area contributed by atoms with Crippen LogP contribution in [0.5, 0.6) is 0 Å². The number of rotatable bonds is 19. The average Bonchev–Trinajstić information content (AvgIpc) is 2.62. The molecule has 1 atom stereocenters. The van der Waals surface area contributed by atoms with Crippen LogP contribution in [-0.2, 0) is 9.59 Å². The van der Waals surface area contributed by atoms with Crippen LogP contribution >= 0.6 is 23.4 Å². The predicted molar refractivity (Wildman–Crippen MR) is 116 cm³/mol. The van der Waals surface area contributed by atoms with Crippen LogP contribution in [-0.4, -0.2) is 35.1 Å². The number of carbonyl (C=O) groups excluding carboxylic acids is 2. The van der Waals surface area contributed by atoms with E-state index in [2.05, 4.69) is 12.2 Å². The van der Waals surface area contributed by atoms with Gasteiger partial charge in [-0.25, -0.2) is 0 Å². The fraction of sp³-hybridized carbons (Fsp3) is 0.905. The zero-order valence-corrected chi connectivity index (χ0v) is 18.6. The molecular formula is C21H40ClNO2S. The topological polar surface area (TPSA) is 46.2 Å². The molecule has 154 valence electrons. The van der Waals surface area contributed by atoms with Crippen molar-refractivity contribution in [1.29, 1.82) is 0 Å². The highest BCUT2D eigenvalue weighted by molar-refractivity contribution is 7.99. The van der Waals surface area contributed by atoms with Crippen molar-refractivity contribution in [3.63, 3.8) is 0 Å². The van der Waals surface area contributed by atoms with Crippen LogP contribution in [0.3, 0.4) is 0 Å². The summed E-state index contributed by atoms with van der Waals surface area (Å²) in [5.41, 5.74) is 0. The molecule has 0 rings (SSSR count). The molecule has 1 amide bonds. The van der Waals surface area contributed by atoms with Crippen LogP contribution in [0.1, 0.15) is 97.3 Å². The van der Waals surface area contributed by atoms with E-state index in [1.807, 2.05) is 0 Å². The Kier molecular flexibility index (Phi) is 19.4. The summed E-state index contributed by atoms with van der Waals surface area (Å²) in [7, 11) is 0. The highest BCUT2D eigenvalue weighted by Crippen LogP contribution is 2.14. The lowest BCUT2D eigenvalue weighted by Gasteiger charge is -2.15. The molecule has 0 aromatic heterocycles. The molecule has 0 bridgehead atoms. The minimum atomic E-state index is -0.433. The molecule has 0 aliphatic carbocycles. The molecule has 0 aromatic carbocycles. The first kappa shape index (κ1) is 25.8. The summed E-state index contributed by atoms with van der Waals surface area (Å²) in [4.78, 5) is 22.8. The van der Waals surface area contributed by atoms with E-state index in [0.29, 0.717) is 5.75 Å². The fourth-order valence-electron chi connectivity index (χ4n) is 2.98. The van der Waals surface area contributed by atoms with Crippen LogP contribution in [0.4, 0.5) is 0 Å². The molecule has 0 fully saturated rings. The largest absolute Gasteiger partial charge is 0.346 e. The van der Waals surface area contributed by atoms with E-state index in [0.717, 1.165) is 5.75 Å². The Hall–Kier alpha value is -0.220. The Balaban J connectivity index is 3.37. The van der Waals surface area contributed by atoms with Crippen molar-refractivity contribution < 1.29 is 9.59 Å². The van der Waals surface area contributed by atoms with Gasteiger partial charge in [0.15, 0.2) is 5.78 Å². The second-order valence-electron chi connectivity index (χ2n) is 7.17. The summed E-state index contributed by atoms with van der Waals surface area (Å²) < 4.78 is 0. The number of amides is 1. The van der Waals surface area contributed by atoms with Gasteiger partial charge in [-0.05, 0) is 12.2 Å². The number of hydrogen-bond donors (Lipinski definition) is 1. The lowest BCUT2D eigenvalue weighted by molar-refractivity contribution is -0.124. The maximum absolute atomic E-state index is 11.7. The summed E-state index contributed by atoms with van der Waals surface area (Å²) in [6.07, 6.45) is 17.7. The first-order valence-electron chi connectivity index (χ1n) is 10.5. The highest BCUT2D eigenvalue weighted by atomic mass is 35.5. The number of halogens is 1. The SMILES string of the molecule is CCCCCCCCCCCCCCCSC[C@H](NC(C)=O)C(=O)CCl. The Labute approximate surface area is 170 Å². The number of alkyl halides is 1. The van der Waals surface area contributed by atoms with Crippen LogP contribution in [0.25, 0.3) is 0 Å². The van der Waals surface area contributed by atoms with E-state index < -0.39 is 6.04 Å². The van der Waals surface area contributed by atoms with E-state index >= 15 is 0 Å². The normalized spacial score (nSPS) is 12.1. The number of hydrogen-bond acceptors (Lipinski definition) is 3. The molecule has 0 unspecified atom stereocenters. The van der Waals surface area contributed by atoms with Crippen molar-refractivity contribution in [3.05, 3.63) is 0 Å². The Bertz CT molecular complexity index is 353. The second-order valence-corrected chi connectivity index (χ2v) is 8.59. The van der Waals surface area contributed by atoms with Gasteiger partial charge in [-0.15, -0.1) is 11.6 Å². The van der Waals surface area contributed by atoms with Crippen molar-refractivity contribution >= 4 is 35.1 Å². The van der Waals surface area contributed by atoms with Crippen molar-refractivity contribution in [1.82, 2.24) is 5.32 Å². The predicted octanol–water partition coefficient (Wildman–Crippen LogP) is 6.12. The highest BCUT2D eigenvalue weighted by Gasteiger charge is 2.17. The van der Waals surface area contributed by atoms with Gasteiger partial charge in [-0.1, -0.05) is 84.0 Å². The van der Waals surface area contributed by atoms with Crippen molar-refractivity contribution in [2.24, 2.45) is 0 Å². The van der Waals surface area contributed by atoms with Gasteiger partial charge < -0.3 is 5.32 Å². The standard InChI is InChI=1S/C21H40ClNO2S/c1-3-4-5-6-7-8-9-10-11-12-13-14-15-16-26-18-20(21(25)17-22)23-19(2)24/h20H,3-18H2,1-2H3,(H,23,24)/t20-/m0/s1. The number of Topliss-reactive ketones (excluding diaryl/α,β-unsaturated/α-hetero) is 1. The van der Waals surface area contributed by atoms with Gasteiger partial charge in [0.25, 0.3) is 0 Å². The van der Waals surface area contributed by atoms with Crippen LogP contribution < -0.4 is 5.32 Å². The van der Waals surface area contributed by atoms with E-state index in [-0.39, 0.29) is 17.6 Å². The molecule has 0 radical (unpaired) electrons. The maximum atomic E-state index is 11.7. The number of carbonyl (C=O) groups is 2. The van der Waals surface area contributed by atoms with Gasteiger partial charge in [0.1, 0.15) is 0 Å². The van der Waals surface area contributed by atoms with Gasteiger partial charge in [0.2, 0.25) is 5.91 Å². The molecule has 0 saturated heterocycles. The third-order valence-corrected chi connectivity index (χ3v) is 5.98. The van der Waals surface area contributed by atoms with E-state index in [1.165, 1.54) is 90.4 Å². The summed E-state index contributed by atoms with van der Waals surface area (Å²) >= 11 is 7.33. The summed E-state index contributed by atoms with van der Waals surface area (Å²) in [5, 5.41) is 2.69. The van der Waals surface area contributed by atoms with E-state index in [1.54, 1.807) is 11.8 Å². The maximum Gasteiger partial charge on any atom is 0.217 e. The first-order valence-corrected chi connectivity index (χ1v) is 12.2. The zero-order chi connectivity index (χ0) is 19.5. The molecule has 0 saturated carbocycles. The Morgan fingerprint density at radius 3 is 1.73 bits per heavy atom. The zero-order valence-electron chi connectivity index (χ0n) is 17.0. The smallest absolute Gasteiger partial charge is 0.217 e. The van der Waals surface area contributed by atoms with Crippen molar-refractivity contribution in [2.45, 2.75) is 103 Å². The third kappa shape index (κ3) is 17.2. The minimum Gasteiger partial charge on any atom is -0.346 e. The molecule has 0 spiro atoms. The van der Waals surface area contributed by atoms with Gasteiger partial charge in [0, 0.05) is 12.7 Å². The number of unbranched alkanes of at least 4 members (excludes halogenated alkanes) is 12. The van der Waals surface area contributed by atoms with Crippen LogP contribution in [0, 0.1) is 0 Å². The first-order chi connectivity index (χ1) is 12.6. The van der Waals surface area contributed by atoms with E-state index in [9.17, 15) is 9.59 Å². The van der Waals surface area contributed by atoms with Gasteiger partial charge >= 0.3 is 0 Å². The summed E-state index contributed by atoms with van der Waals surface area (Å²) in [6, 6.07) is -0.433. The average molecular weight is 406 g/mol. The lowest BCUT2D eigenvalue weighted by Crippen LogP contribution is -2.42. The van der Waals surface area contributed by atoms with Crippen LogP contribution in [0.2, 0.25) is 0 Å². The number of thioether (sulfide) groups is 1. The Morgan fingerprint density at radius 2 is 1.31 bits per heavy atom.